The molecule has 4 fully saturated rings. The van der Waals surface area contributed by atoms with E-state index in [1.807, 2.05) is 64.6 Å². The van der Waals surface area contributed by atoms with Gasteiger partial charge in [-0.1, -0.05) is 122 Å². The van der Waals surface area contributed by atoms with Crippen LogP contribution >= 0.6 is 0 Å². The molecule has 0 bridgehead atoms. The van der Waals surface area contributed by atoms with Crippen LogP contribution in [0.1, 0.15) is 175 Å². The summed E-state index contributed by atoms with van der Waals surface area (Å²) in [5, 5.41) is 17.2. The monoisotopic (exact) mass is 1090 g/mol. The molecule has 0 radical (unpaired) electrons. The summed E-state index contributed by atoms with van der Waals surface area (Å²) in [4.78, 5) is 53.7. The van der Waals surface area contributed by atoms with Gasteiger partial charge in [-0.05, 0) is 177 Å². The van der Waals surface area contributed by atoms with Gasteiger partial charge in [0, 0.05) is 49.3 Å². The predicted molar refractivity (Wildman–Crippen MR) is 308 cm³/mol. The Labute approximate surface area is 492 Å². The first-order chi connectivity index (χ1) is 36.8. The van der Waals surface area contributed by atoms with Gasteiger partial charge in [0.1, 0.15) is 11.2 Å². The molecule has 0 aliphatic heterocycles. The summed E-state index contributed by atoms with van der Waals surface area (Å²) in [5.41, 5.74) is 6.82. The van der Waals surface area contributed by atoms with Crippen molar-refractivity contribution in [3.05, 3.63) is 154 Å². The number of carboxylic acid groups (broad SMARTS) is 1. The molecule has 4 N–H and O–H groups in total. The third-order valence-corrected chi connectivity index (χ3v) is 15.3. The van der Waals surface area contributed by atoms with Gasteiger partial charge in [0.15, 0.2) is 0 Å². The molecule has 4 aliphatic carbocycles. The van der Waals surface area contributed by atoms with Crippen molar-refractivity contribution in [3.8, 4) is 0 Å². The Morgan fingerprint density at radius 3 is 1.30 bits per heavy atom. The maximum Gasteiger partial charge on any atom is 1.00 e. The molecule has 0 spiro atoms. The van der Waals surface area contributed by atoms with Crippen molar-refractivity contribution in [2.75, 3.05) is 7.11 Å². The Morgan fingerprint density at radius 2 is 0.949 bits per heavy atom. The van der Waals surface area contributed by atoms with Gasteiger partial charge in [-0.25, -0.2) is 19.2 Å². The number of methoxy groups -OCH3 is 1. The van der Waals surface area contributed by atoms with Crippen LogP contribution in [0.25, 0.3) is 12.2 Å². The molecule has 0 aromatic heterocycles. The van der Waals surface area contributed by atoms with E-state index in [1.54, 1.807) is 35.2 Å². The van der Waals surface area contributed by atoms with Crippen LogP contribution in [-0.2, 0) is 27.3 Å². The minimum atomic E-state index is -0.967. The Balaban J connectivity index is 0.000000284. The van der Waals surface area contributed by atoms with Gasteiger partial charge in [-0.3, -0.25) is 0 Å². The second kappa shape index (κ2) is 30.0. The smallest absolute Gasteiger partial charge is 0.870 e. The number of carbonyl (C=O) groups is 4. The Morgan fingerprint density at radius 1 is 0.570 bits per heavy atom. The van der Waals surface area contributed by atoms with E-state index in [-0.39, 0.29) is 70.8 Å². The molecule has 0 saturated heterocycles. The third kappa shape index (κ3) is 20.0. The zero-order valence-electron chi connectivity index (χ0n) is 48.7. The second-order valence-corrected chi connectivity index (χ2v) is 23.6. The van der Waals surface area contributed by atoms with E-state index in [4.69, 9.17) is 14.2 Å². The van der Waals surface area contributed by atoms with Gasteiger partial charge in [0.05, 0.1) is 18.2 Å². The molecule has 14 heteroatoms. The van der Waals surface area contributed by atoms with Gasteiger partial charge in [-0.2, -0.15) is 0 Å². The van der Waals surface area contributed by atoms with E-state index < -0.39 is 17.2 Å². The summed E-state index contributed by atoms with van der Waals surface area (Å²) >= 11 is 0. The van der Waals surface area contributed by atoms with E-state index in [0.717, 1.165) is 75.3 Å². The summed E-state index contributed by atoms with van der Waals surface area (Å²) in [6.45, 7) is 16.5. The van der Waals surface area contributed by atoms with Crippen LogP contribution in [-0.4, -0.2) is 99.1 Å². The maximum absolute atomic E-state index is 13.3. The van der Waals surface area contributed by atoms with Crippen molar-refractivity contribution in [2.45, 2.75) is 193 Å². The largest absolute Gasteiger partial charge is 1.00 e. The fraction of sp³-hybridized carbons (Fsp3) is 0.508. The van der Waals surface area contributed by atoms with E-state index in [1.165, 1.54) is 42.2 Å². The number of ether oxygens (including phenoxy) is 3. The Kier molecular flexibility index (Phi) is 24.5. The average molecular weight is 1090 g/mol. The van der Waals surface area contributed by atoms with Gasteiger partial charge in [0.25, 0.3) is 0 Å². The van der Waals surface area contributed by atoms with Crippen molar-refractivity contribution >= 4 is 36.3 Å². The summed E-state index contributed by atoms with van der Waals surface area (Å²) in [7, 11) is 1.38. The molecule has 0 heterocycles. The van der Waals surface area contributed by atoms with Gasteiger partial charge >= 0.3 is 53.7 Å². The molecule has 2 amide bonds. The number of rotatable bonds is 18. The molecule has 0 unspecified atom stereocenters. The quantitative estimate of drug-likeness (QED) is 0.0491. The number of aromatic carboxylic acids is 1. The average Bonchev–Trinajstić information content (AvgIpc) is 4.39. The fourth-order valence-electron chi connectivity index (χ4n) is 11.2. The molecule has 4 atom stereocenters. The van der Waals surface area contributed by atoms with Crippen LogP contribution in [0.5, 0.6) is 0 Å². The number of nitrogens with one attached hydrogen (secondary N) is 2. The number of carbonyl (C=O) groups excluding carboxylic acids is 3. The van der Waals surface area contributed by atoms with Crippen molar-refractivity contribution in [1.29, 1.82) is 0 Å². The Hall–Kier alpha value is -5.28. The van der Waals surface area contributed by atoms with Crippen molar-refractivity contribution < 1.29 is 73.5 Å². The zero-order chi connectivity index (χ0) is 55.3. The van der Waals surface area contributed by atoms with Crippen LogP contribution in [0.4, 0.5) is 9.59 Å². The van der Waals surface area contributed by atoms with Crippen LogP contribution in [0.2, 0.25) is 0 Å². The first-order valence-corrected chi connectivity index (χ1v) is 28.3. The third-order valence-electron chi connectivity index (χ3n) is 15.3. The van der Waals surface area contributed by atoms with Crippen LogP contribution in [0.3, 0.4) is 0 Å². The molecular formula is C65H87N4NaO9. The predicted octanol–water partition coefficient (Wildman–Crippen LogP) is 10.7. The zero-order valence-corrected chi connectivity index (χ0v) is 50.7. The number of carboxylic acids is 1. The molecule has 79 heavy (non-hydrogen) atoms. The molecule has 4 saturated carbocycles. The standard InChI is InChI=1S/C33H44N2O4.C32H42N2O4.Na.H2O/c1-6-25(19-23-11-8-7-9-12-23)29-21-30(29)34-27-15-17-28(18-16-27)35(32(37)39-33(2,3)4)22-24-13-10-14-26(20-24)31(36)38-5;1-5-24(18-22-10-7-6-8-11-22)28-20-29(28)33-26-14-16-27(17-15-26)34(31(37)38-32(2,3)4)21-23-12-9-13-25(19-23)30(35)36;;/h7-14,19-20,27-30,34H,6,15-18,21-22H2,1-5H3;6-13,18-19,26-29,33H,5,14-17,20-21H2,1-4H3,(H,35,36);;1H2/q;;+1;/p-1/b25-19+;24-18+;;/t27?,28?,29-,30+;26?,27?,28-,29+;;/m00../s1. The normalized spacial score (nSPS) is 22.7. The van der Waals surface area contributed by atoms with Crippen LogP contribution in [0, 0.1) is 11.8 Å². The van der Waals surface area contributed by atoms with E-state index >= 15 is 0 Å². The summed E-state index contributed by atoms with van der Waals surface area (Å²) < 4.78 is 16.4. The first kappa shape index (κ1) is 64.5. The van der Waals surface area contributed by atoms with E-state index in [0.29, 0.717) is 54.7 Å². The number of hydrogen-bond donors (Lipinski definition) is 3. The molecule has 422 valence electrons. The number of esters is 1. The summed E-state index contributed by atoms with van der Waals surface area (Å²) in [6.07, 6.45) is 16.3. The molecule has 4 aromatic rings. The number of benzene rings is 4. The van der Waals surface area contributed by atoms with E-state index in [2.05, 4.69) is 97.3 Å². The SMILES string of the molecule is CC/C(=C\c1ccccc1)[C@@H]1C[C@H]1NC1CCC(N(Cc2cccc(C(=O)O)c2)C(=O)OC(C)(C)C)CC1.CC/C(=C\c1ccccc1)[C@@H]1C[C@H]1NC1CCC(N(Cc2cccc(C(=O)OC)c2)C(=O)OC(C)(C)C)CC1.[Na+].[OH-]. The van der Waals surface area contributed by atoms with Gasteiger partial charge < -0.3 is 45.2 Å². The molecule has 13 nitrogen and oxygen atoms in total. The van der Waals surface area contributed by atoms with Crippen LogP contribution < -0.4 is 40.2 Å². The van der Waals surface area contributed by atoms with Crippen molar-refractivity contribution in [3.63, 3.8) is 0 Å². The second-order valence-electron chi connectivity index (χ2n) is 23.6. The van der Waals surface area contributed by atoms with Gasteiger partial charge in [0.2, 0.25) is 0 Å². The fourth-order valence-corrected chi connectivity index (χ4v) is 11.2. The molecule has 4 aliphatic rings. The van der Waals surface area contributed by atoms with Gasteiger partial charge in [-0.15, -0.1) is 0 Å². The minimum absolute atomic E-state index is 0. The summed E-state index contributed by atoms with van der Waals surface area (Å²) in [5.74, 6) is -0.119. The van der Waals surface area contributed by atoms with Crippen molar-refractivity contribution in [1.82, 2.24) is 20.4 Å². The minimum Gasteiger partial charge on any atom is -0.870 e. The summed E-state index contributed by atoms with van der Waals surface area (Å²) in [6, 6.07) is 37.4. The molecular weight excluding hydrogens is 1000 g/mol. The Bertz CT molecular complexity index is 2650. The molecule has 4 aromatic carbocycles. The number of nitrogens with zero attached hydrogens (tertiary/aromatic N) is 2. The topological polar surface area (TPSA) is 177 Å². The van der Waals surface area contributed by atoms with E-state index in [9.17, 15) is 24.3 Å². The number of amides is 2. The maximum atomic E-state index is 13.3. The van der Waals surface area contributed by atoms with Crippen molar-refractivity contribution in [2.24, 2.45) is 11.8 Å². The van der Waals surface area contributed by atoms with Crippen LogP contribution in [0.15, 0.2) is 120 Å². The first-order valence-electron chi connectivity index (χ1n) is 28.3. The molecule has 8 rings (SSSR count). The number of hydrogen-bond acceptors (Lipinski definition) is 10.